The number of carboxylic acid groups (broad SMARTS) is 2. The van der Waals surface area contributed by atoms with Crippen LogP contribution in [0.5, 0.6) is 0 Å². The molecule has 0 saturated heterocycles. The maximum atomic E-state index is 10.9. The topological polar surface area (TPSA) is 79.5 Å². The summed E-state index contributed by atoms with van der Waals surface area (Å²) in [6, 6.07) is 4.54. The predicted octanol–water partition coefficient (Wildman–Crippen LogP) is 2.17. The van der Waals surface area contributed by atoms with Gasteiger partial charge in [0.1, 0.15) is 0 Å². The van der Waals surface area contributed by atoms with Gasteiger partial charge in [-0.05, 0) is 30.7 Å². The molecule has 1 aromatic carbocycles. The SMILES string of the molecule is Cc1cc(C(=O)O)cc2c1ccn2C(=O)O. The molecule has 0 radical (unpaired) electrons. The molecule has 2 aromatic rings. The molecular formula is C11H9NO4. The van der Waals surface area contributed by atoms with Crippen LogP contribution in [0.15, 0.2) is 24.4 Å². The van der Waals surface area contributed by atoms with Crippen LogP contribution in [0.2, 0.25) is 0 Å². The van der Waals surface area contributed by atoms with Gasteiger partial charge in [0.15, 0.2) is 0 Å². The molecule has 0 bridgehead atoms. The molecule has 5 nitrogen and oxygen atoms in total. The molecule has 2 N–H and O–H groups in total. The van der Waals surface area contributed by atoms with Gasteiger partial charge in [-0.1, -0.05) is 0 Å². The van der Waals surface area contributed by atoms with Crippen LogP contribution in [-0.2, 0) is 0 Å². The Morgan fingerprint density at radius 3 is 2.50 bits per heavy atom. The maximum Gasteiger partial charge on any atom is 0.415 e. The minimum Gasteiger partial charge on any atom is -0.478 e. The van der Waals surface area contributed by atoms with Crippen molar-refractivity contribution in [3.63, 3.8) is 0 Å². The lowest BCUT2D eigenvalue weighted by Gasteiger charge is -2.02. The molecule has 0 spiro atoms. The van der Waals surface area contributed by atoms with Crippen LogP contribution >= 0.6 is 0 Å². The Bertz CT molecular complexity index is 597. The molecule has 0 aliphatic carbocycles. The fourth-order valence-electron chi connectivity index (χ4n) is 1.72. The summed E-state index contributed by atoms with van der Waals surface area (Å²) in [5, 5.41) is 18.5. The second-order valence-corrected chi connectivity index (χ2v) is 3.50. The number of rotatable bonds is 1. The maximum absolute atomic E-state index is 10.9. The van der Waals surface area contributed by atoms with Gasteiger partial charge in [-0.2, -0.15) is 0 Å². The molecule has 0 atom stereocenters. The van der Waals surface area contributed by atoms with Crippen LogP contribution < -0.4 is 0 Å². The van der Waals surface area contributed by atoms with E-state index in [1.165, 1.54) is 18.3 Å². The molecule has 16 heavy (non-hydrogen) atoms. The van der Waals surface area contributed by atoms with E-state index in [4.69, 9.17) is 10.2 Å². The van der Waals surface area contributed by atoms with E-state index < -0.39 is 12.1 Å². The monoisotopic (exact) mass is 219 g/mol. The fourth-order valence-corrected chi connectivity index (χ4v) is 1.72. The van der Waals surface area contributed by atoms with Crippen LogP contribution in [0, 0.1) is 6.92 Å². The predicted molar refractivity (Wildman–Crippen MR) is 57.1 cm³/mol. The van der Waals surface area contributed by atoms with E-state index in [9.17, 15) is 9.59 Å². The van der Waals surface area contributed by atoms with Crippen LogP contribution in [-0.4, -0.2) is 26.8 Å². The van der Waals surface area contributed by atoms with E-state index in [-0.39, 0.29) is 5.56 Å². The van der Waals surface area contributed by atoms with Crippen molar-refractivity contribution >= 4 is 23.0 Å². The van der Waals surface area contributed by atoms with Gasteiger partial charge in [-0.25, -0.2) is 9.59 Å². The molecule has 1 heterocycles. The average molecular weight is 219 g/mol. The quantitative estimate of drug-likeness (QED) is 0.770. The number of aromatic carboxylic acids is 1. The number of aromatic nitrogens is 1. The van der Waals surface area contributed by atoms with Gasteiger partial charge in [0.05, 0.1) is 11.1 Å². The van der Waals surface area contributed by atoms with Crippen LogP contribution in [0.4, 0.5) is 4.79 Å². The molecule has 0 aliphatic rings. The van der Waals surface area contributed by atoms with Gasteiger partial charge in [-0.3, -0.25) is 4.57 Å². The Morgan fingerprint density at radius 2 is 1.94 bits per heavy atom. The highest BCUT2D eigenvalue weighted by atomic mass is 16.4. The van der Waals surface area contributed by atoms with Crippen molar-refractivity contribution in [3.8, 4) is 0 Å². The van der Waals surface area contributed by atoms with Crippen molar-refractivity contribution in [1.82, 2.24) is 4.57 Å². The zero-order valence-electron chi connectivity index (χ0n) is 8.47. The lowest BCUT2D eigenvalue weighted by molar-refractivity contribution is 0.0697. The number of carboxylic acids is 1. The van der Waals surface area contributed by atoms with Gasteiger partial charge in [0.2, 0.25) is 0 Å². The molecule has 0 aliphatic heterocycles. The third-order valence-corrected chi connectivity index (χ3v) is 2.47. The Kier molecular flexibility index (Phi) is 2.16. The van der Waals surface area contributed by atoms with Gasteiger partial charge in [0.25, 0.3) is 0 Å². The molecule has 1 aromatic heterocycles. The van der Waals surface area contributed by atoms with Crippen molar-refractivity contribution in [2.45, 2.75) is 6.92 Å². The normalized spacial score (nSPS) is 10.6. The molecule has 0 unspecified atom stereocenters. The minimum atomic E-state index is -1.13. The van der Waals surface area contributed by atoms with Crippen LogP contribution in [0.1, 0.15) is 15.9 Å². The van der Waals surface area contributed by atoms with E-state index in [0.717, 1.165) is 15.5 Å². The van der Waals surface area contributed by atoms with E-state index >= 15 is 0 Å². The number of nitrogens with zero attached hydrogens (tertiary/aromatic N) is 1. The summed E-state index contributed by atoms with van der Waals surface area (Å²) < 4.78 is 1.01. The number of fused-ring (bicyclic) bond motifs is 1. The molecule has 0 amide bonds. The van der Waals surface area contributed by atoms with Crippen molar-refractivity contribution in [2.75, 3.05) is 0 Å². The third-order valence-electron chi connectivity index (χ3n) is 2.47. The van der Waals surface area contributed by atoms with Crippen molar-refractivity contribution < 1.29 is 19.8 Å². The summed E-state index contributed by atoms with van der Waals surface area (Å²) in [4.78, 5) is 21.7. The highest BCUT2D eigenvalue weighted by Crippen LogP contribution is 2.22. The molecule has 82 valence electrons. The van der Waals surface area contributed by atoms with E-state index in [1.54, 1.807) is 13.0 Å². The first kappa shape index (κ1) is 10.2. The summed E-state index contributed by atoms with van der Waals surface area (Å²) in [6.45, 7) is 1.75. The van der Waals surface area contributed by atoms with Crippen molar-refractivity contribution in [2.24, 2.45) is 0 Å². The summed E-state index contributed by atoms with van der Waals surface area (Å²) in [5.74, 6) is -1.07. The van der Waals surface area contributed by atoms with Crippen LogP contribution in [0.3, 0.4) is 0 Å². The Hall–Kier alpha value is -2.30. The zero-order valence-corrected chi connectivity index (χ0v) is 8.47. The first-order chi connectivity index (χ1) is 7.50. The first-order valence-corrected chi connectivity index (χ1v) is 4.59. The highest BCUT2D eigenvalue weighted by Gasteiger charge is 2.12. The van der Waals surface area contributed by atoms with Crippen molar-refractivity contribution in [1.29, 1.82) is 0 Å². The molecule has 0 fully saturated rings. The first-order valence-electron chi connectivity index (χ1n) is 4.59. The summed E-state index contributed by atoms with van der Waals surface area (Å²) in [7, 11) is 0. The van der Waals surface area contributed by atoms with Crippen molar-refractivity contribution in [3.05, 3.63) is 35.5 Å². The van der Waals surface area contributed by atoms with E-state index in [1.807, 2.05) is 0 Å². The summed E-state index contributed by atoms with van der Waals surface area (Å²) in [5.41, 5.74) is 1.23. The summed E-state index contributed by atoms with van der Waals surface area (Å²) >= 11 is 0. The lowest BCUT2D eigenvalue weighted by Crippen LogP contribution is -2.06. The molecular weight excluding hydrogens is 210 g/mol. The Morgan fingerprint density at radius 1 is 1.25 bits per heavy atom. The molecule has 0 saturated carbocycles. The number of benzene rings is 1. The van der Waals surface area contributed by atoms with E-state index in [0.29, 0.717) is 5.52 Å². The lowest BCUT2D eigenvalue weighted by atomic mass is 10.1. The molecule has 5 heteroatoms. The second-order valence-electron chi connectivity index (χ2n) is 3.50. The third kappa shape index (κ3) is 1.42. The van der Waals surface area contributed by atoms with Gasteiger partial charge < -0.3 is 10.2 Å². The minimum absolute atomic E-state index is 0.0891. The van der Waals surface area contributed by atoms with Crippen LogP contribution in [0.25, 0.3) is 10.9 Å². The highest BCUT2D eigenvalue weighted by molar-refractivity contribution is 5.97. The van der Waals surface area contributed by atoms with Gasteiger partial charge in [-0.15, -0.1) is 0 Å². The summed E-state index contributed by atoms with van der Waals surface area (Å²) in [6.07, 6.45) is 0.281. The Labute approximate surface area is 90.5 Å². The largest absolute Gasteiger partial charge is 0.478 e. The number of hydrogen-bond donors (Lipinski definition) is 2. The second kappa shape index (κ2) is 3.37. The Balaban J connectivity index is 2.81. The van der Waals surface area contributed by atoms with Gasteiger partial charge >= 0.3 is 12.1 Å². The van der Waals surface area contributed by atoms with E-state index in [2.05, 4.69) is 0 Å². The fraction of sp³-hybridized carbons (Fsp3) is 0.0909. The zero-order chi connectivity index (χ0) is 11.9. The number of aryl methyl sites for hydroxylation is 1. The average Bonchev–Trinajstić information content (AvgIpc) is 2.61. The number of carbonyl (C=O) groups is 2. The standard InChI is InChI=1S/C11H9NO4/c1-6-4-7(10(13)14)5-9-8(6)2-3-12(9)11(15)16/h2-5H,1H3,(H,13,14)(H,15,16). The smallest absolute Gasteiger partial charge is 0.415 e. The van der Waals surface area contributed by atoms with Gasteiger partial charge in [0, 0.05) is 11.6 Å². The molecule has 2 rings (SSSR count). The number of hydrogen-bond acceptors (Lipinski definition) is 2.